The Bertz CT molecular complexity index is 114. The monoisotopic (exact) mass is 143 g/mol. The Balaban J connectivity index is 2.25. The molecule has 0 amide bonds. The number of likely N-dealkylation sites (N-methyl/N-ethyl adjacent to an activating group) is 1. The zero-order valence-corrected chi connectivity index (χ0v) is 7.29. The summed E-state index contributed by atoms with van der Waals surface area (Å²) in [6, 6.07) is 1.33. The smallest absolute Gasteiger partial charge is 0.0743 e. The SMILES string of the molecule is COC1CC1N(C)C(C)C. The van der Waals surface area contributed by atoms with Crippen LogP contribution in [-0.2, 0) is 4.74 Å². The lowest BCUT2D eigenvalue weighted by molar-refractivity contribution is 0.138. The maximum atomic E-state index is 5.20. The lowest BCUT2D eigenvalue weighted by Gasteiger charge is -2.20. The van der Waals surface area contributed by atoms with Gasteiger partial charge >= 0.3 is 0 Å². The van der Waals surface area contributed by atoms with Crippen LogP contribution >= 0.6 is 0 Å². The van der Waals surface area contributed by atoms with Gasteiger partial charge in [0.15, 0.2) is 0 Å². The van der Waals surface area contributed by atoms with E-state index in [0.29, 0.717) is 18.2 Å². The molecule has 0 N–H and O–H groups in total. The minimum Gasteiger partial charge on any atom is -0.380 e. The Hall–Kier alpha value is -0.0800. The van der Waals surface area contributed by atoms with Gasteiger partial charge in [0.25, 0.3) is 0 Å². The molecule has 2 unspecified atom stereocenters. The van der Waals surface area contributed by atoms with E-state index in [-0.39, 0.29) is 0 Å². The van der Waals surface area contributed by atoms with E-state index in [2.05, 4.69) is 25.8 Å². The third kappa shape index (κ3) is 1.50. The molecule has 60 valence electrons. The zero-order chi connectivity index (χ0) is 7.72. The molecule has 2 heteroatoms. The second kappa shape index (κ2) is 2.89. The fourth-order valence-electron chi connectivity index (χ4n) is 1.22. The van der Waals surface area contributed by atoms with Crippen molar-refractivity contribution >= 4 is 0 Å². The van der Waals surface area contributed by atoms with E-state index in [1.807, 2.05) is 0 Å². The van der Waals surface area contributed by atoms with Crippen LogP contribution in [0.5, 0.6) is 0 Å². The fraction of sp³-hybridized carbons (Fsp3) is 1.00. The normalized spacial score (nSPS) is 31.8. The van der Waals surface area contributed by atoms with Crippen molar-refractivity contribution in [1.82, 2.24) is 4.90 Å². The molecular weight excluding hydrogens is 126 g/mol. The van der Waals surface area contributed by atoms with Gasteiger partial charge in [0.1, 0.15) is 0 Å². The van der Waals surface area contributed by atoms with Gasteiger partial charge in [-0.1, -0.05) is 0 Å². The van der Waals surface area contributed by atoms with E-state index in [1.165, 1.54) is 6.42 Å². The van der Waals surface area contributed by atoms with E-state index < -0.39 is 0 Å². The van der Waals surface area contributed by atoms with Crippen LogP contribution in [0.2, 0.25) is 0 Å². The summed E-state index contributed by atoms with van der Waals surface area (Å²) in [6.07, 6.45) is 1.72. The van der Waals surface area contributed by atoms with E-state index >= 15 is 0 Å². The van der Waals surface area contributed by atoms with Crippen LogP contribution in [0.4, 0.5) is 0 Å². The van der Waals surface area contributed by atoms with Crippen molar-refractivity contribution in [2.24, 2.45) is 0 Å². The quantitative estimate of drug-likeness (QED) is 0.587. The van der Waals surface area contributed by atoms with Crippen molar-refractivity contribution in [1.29, 1.82) is 0 Å². The van der Waals surface area contributed by atoms with Gasteiger partial charge in [0.2, 0.25) is 0 Å². The van der Waals surface area contributed by atoms with Crippen molar-refractivity contribution < 1.29 is 4.74 Å². The second-order valence-electron chi connectivity index (χ2n) is 3.34. The number of hydrogen-bond acceptors (Lipinski definition) is 2. The summed E-state index contributed by atoms with van der Waals surface area (Å²) in [5.41, 5.74) is 0. The lowest BCUT2D eigenvalue weighted by Crippen LogP contribution is -2.30. The van der Waals surface area contributed by atoms with Crippen LogP contribution in [0.3, 0.4) is 0 Å². The maximum Gasteiger partial charge on any atom is 0.0743 e. The summed E-state index contributed by atoms with van der Waals surface area (Å²) >= 11 is 0. The molecule has 10 heavy (non-hydrogen) atoms. The molecule has 0 heterocycles. The molecule has 1 rings (SSSR count). The highest BCUT2D eigenvalue weighted by Gasteiger charge is 2.41. The molecule has 0 bridgehead atoms. The number of nitrogens with zero attached hydrogens (tertiary/aromatic N) is 1. The van der Waals surface area contributed by atoms with Gasteiger partial charge in [-0.15, -0.1) is 0 Å². The molecule has 0 saturated heterocycles. The first kappa shape index (κ1) is 8.02. The highest BCUT2D eigenvalue weighted by Crippen LogP contribution is 2.30. The largest absolute Gasteiger partial charge is 0.380 e. The number of methoxy groups -OCH3 is 1. The first-order chi connectivity index (χ1) is 4.66. The highest BCUT2D eigenvalue weighted by molar-refractivity contribution is 4.96. The van der Waals surface area contributed by atoms with Crippen LogP contribution in [0.25, 0.3) is 0 Å². The van der Waals surface area contributed by atoms with E-state index in [1.54, 1.807) is 7.11 Å². The molecule has 1 fully saturated rings. The predicted molar refractivity (Wildman–Crippen MR) is 42.1 cm³/mol. The third-order valence-electron chi connectivity index (χ3n) is 2.34. The topological polar surface area (TPSA) is 12.5 Å². The molecule has 1 aliphatic carbocycles. The molecule has 2 nitrogen and oxygen atoms in total. The van der Waals surface area contributed by atoms with E-state index in [4.69, 9.17) is 4.74 Å². The van der Waals surface area contributed by atoms with Gasteiger partial charge in [-0.3, -0.25) is 4.90 Å². The van der Waals surface area contributed by atoms with E-state index in [0.717, 1.165) is 0 Å². The van der Waals surface area contributed by atoms with Crippen molar-refractivity contribution in [3.63, 3.8) is 0 Å². The molecule has 0 aromatic carbocycles. The number of hydrogen-bond donors (Lipinski definition) is 0. The lowest BCUT2D eigenvalue weighted by atomic mass is 10.3. The van der Waals surface area contributed by atoms with E-state index in [9.17, 15) is 0 Å². The van der Waals surface area contributed by atoms with Crippen molar-refractivity contribution in [3.05, 3.63) is 0 Å². The minimum atomic E-state index is 0.507. The summed E-state index contributed by atoms with van der Waals surface area (Å²) in [5.74, 6) is 0. The Morgan fingerprint density at radius 2 is 2.10 bits per heavy atom. The average molecular weight is 143 g/mol. The van der Waals surface area contributed by atoms with Gasteiger partial charge in [0.05, 0.1) is 6.10 Å². The fourth-order valence-corrected chi connectivity index (χ4v) is 1.22. The van der Waals surface area contributed by atoms with Crippen molar-refractivity contribution in [2.45, 2.75) is 38.5 Å². The summed E-state index contributed by atoms with van der Waals surface area (Å²) in [4.78, 5) is 2.37. The Labute approximate surface area is 63.2 Å². The maximum absolute atomic E-state index is 5.20. The molecule has 0 aromatic rings. The van der Waals surface area contributed by atoms with Gasteiger partial charge in [0, 0.05) is 19.2 Å². The minimum absolute atomic E-state index is 0.507. The molecule has 0 aromatic heterocycles. The van der Waals surface area contributed by atoms with Gasteiger partial charge in [-0.05, 0) is 27.3 Å². The van der Waals surface area contributed by atoms with Crippen LogP contribution in [0, 0.1) is 0 Å². The molecule has 2 atom stereocenters. The third-order valence-corrected chi connectivity index (χ3v) is 2.34. The Morgan fingerprint density at radius 1 is 1.50 bits per heavy atom. The average Bonchev–Trinajstić information content (AvgIpc) is 2.64. The summed E-state index contributed by atoms with van der Waals surface area (Å²) in [5, 5.41) is 0. The second-order valence-corrected chi connectivity index (χ2v) is 3.34. The predicted octanol–water partition coefficient (Wildman–Crippen LogP) is 1.11. The summed E-state index contributed by atoms with van der Waals surface area (Å²) < 4.78 is 5.20. The molecule has 1 saturated carbocycles. The van der Waals surface area contributed by atoms with Crippen LogP contribution in [-0.4, -0.2) is 37.2 Å². The first-order valence-electron chi connectivity index (χ1n) is 3.91. The molecule has 1 aliphatic rings. The van der Waals surface area contributed by atoms with Crippen LogP contribution < -0.4 is 0 Å². The van der Waals surface area contributed by atoms with Crippen molar-refractivity contribution in [3.8, 4) is 0 Å². The van der Waals surface area contributed by atoms with Crippen LogP contribution in [0.15, 0.2) is 0 Å². The number of rotatable bonds is 3. The van der Waals surface area contributed by atoms with Crippen molar-refractivity contribution in [2.75, 3.05) is 14.2 Å². The zero-order valence-electron chi connectivity index (χ0n) is 7.29. The molecule has 0 spiro atoms. The van der Waals surface area contributed by atoms with Gasteiger partial charge < -0.3 is 4.74 Å². The molecule has 0 aliphatic heterocycles. The first-order valence-corrected chi connectivity index (χ1v) is 3.91. The van der Waals surface area contributed by atoms with Gasteiger partial charge in [-0.2, -0.15) is 0 Å². The Kier molecular flexibility index (Phi) is 2.32. The highest BCUT2D eigenvalue weighted by atomic mass is 16.5. The molecular formula is C8H17NO. The molecule has 0 radical (unpaired) electrons. The van der Waals surface area contributed by atoms with Gasteiger partial charge in [-0.25, -0.2) is 0 Å². The summed E-state index contributed by atoms with van der Waals surface area (Å²) in [6.45, 7) is 4.43. The summed E-state index contributed by atoms with van der Waals surface area (Å²) in [7, 11) is 3.95. The standard InChI is InChI=1S/C8H17NO/c1-6(2)9(3)7-5-8(7)10-4/h6-8H,5H2,1-4H3. The number of ether oxygens (including phenoxy) is 1. The van der Waals surface area contributed by atoms with Crippen LogP contribution in [0.1, 0.15) is 20.3 Å². The Morgan fingerprint density at radius 3 is 2.40 bits per heavy atom.